The number of rotatable bonds is 11. The Labute approximate surface area is 269 Å². The van der Waals surface area contributed by atoms with Crippen LogP contribution < -0.4 is 9.62 Å². The number of carbonyl (C=O) groups is 2. The van der Waals surface area contributed by atoms with Crippen molar-refractivity contribution in [2.75, 3.05) is 10.8 Å². The van der Waals surface area contributed by atoms with Crippen molar-refractivity contribution in [2.24, 2.45) is 0 Å². The van der Waals surface area contributed by atoms with Crippen molar-refractivity contribution in [2.45, 2.75) is 75.9 Å². The summed E-state index contributed by atoms with van der Waals surface area (Å²) in [4.78, 5) is 29.4. The molecule has 0 aromatic heterocycles. The highest BCUT2D eigenvalue weighted by Gasteiger charge is 2.34. The first kappa shape index (κ1) is 33.1. The number of benzene rings is 3. The zero-order chi connectivity index (χ0) is 31.1. The summed E-state index contributed by atoms with van der Waals surface area (Å²) in [5.74, 6) is -0.814. The summed E-state index contributed by atoms with van der Waals surface area (Å²) in [7, 11) is -4.19. The molecule has 1 fully saturated rings. The maximum Gasteiger partial charge on any atom is 0.264 e. The molecular formula is C32H36Cl3N3O4S. The van der Waals surface area contributed by atoms with Gasteiger partial charge >= 0.3 is 0 Å². The second kappa shape index (κ2) is 14.8. The smallest absolute Gasteiger partial charge is 0.264 e. The predicted molar refractivity (Wildman–Crippen MR) is 173 cm³/mol. The van der Waals surface area contributed by atoms with E-state index in [1.54, 1.807) is 48.5 Å². The van der Waals surface area contributed by atoms with Gasteiger partial charge < -0.3 is 10.2 Å². The number of halogens is 3. The molecule has 1 saturated carbocycles. The summed E-state index contributed by atoms with van der Waals surface area (Å²) >= 11 is 18.7. The normalized spacial score (nSPS) is 14.6. The van der Waals surface area contributed by atoms with E-state index in [4.69, 9.17) is 34.8 Å². The lowest BCUT2D eigenvalue weighted by Crippen LogP contribution is -2.54. The third-order valence-electron chi connectivity index (χ3n) is 7.66. The Balaban J connectivity index is 1.72. The van der Waals surface area contributed by atoms with Crippen LogP contribution in [0.5, 0.6) is 0 Å². The van der Waals surface area contributed by atoms with Crippen molar-refractivity contribution in [3.8, 4) is 0 Å². The molecule has 0 spiro atoms. The second-order valence-electron chi connectivity index (χ2n) is 10.8. The fourth-order valence-electron chi connectivity index (χ4n) is 5.30. The van der Waals surface area contributed by atoms with Gasteiger partial charge in [-0.3, -0.25) is 13.9 Å². The van der Waals surface area contributed by atoms with Gasteiger partial charge in [-0.25, -0.2) is 8.42 Å². The highest BCUT2D eigenvalue weighted by Crippen LogP contribution is 2.28. The third kappa shape index (κ3) is 8.44. The number of aryl methyl sites for hydroxylation is 1. The van der Waals surface area contributed by atoms with Gasteiger partial charge in [0.2, 0.25) is 11.8 Å². The molecule has 1 aliphatic carbocycles. The van der Waals surface area contributed by atoms with Gasteiger partial charge in [0.15, 0.2) is 0 Å². The van der Waals surface area contributed by atoms with E-state index < -0.39 is 28.5 Å². The zero-order valence-corrected chi connectivity index (χ0v) is 27.3. The van der Waals surface area contributed by atoms with Crippen molar-refractivity contribution < 1.29 is 18.0 Å². The second-order valence-corrected chi connectivity index (χ2v) is 14.0. The van der Waals surface area contributed by atoms with Gasteiger partial charge in [-0.15, -0.1) is 0 Å². The van der Waals surface area contributed by atoms with E-state index in [0.717, 1.165) is 42.0 Å². The maximum absolute atomic E-state index is 14.2. The molecule has 43 heavy (non-hydrogen) atoms. The standard InChI is InChI=1S/C32H36Cl3N3O4S/c1-3-30(32(40)36-25-9-5-4-6-10-25)37(20-23-14-17-28(34)29(35)18-23)31(39)21-38(26-11-7-8-24(33)19-26)43(41,42)27-15-12-22(2)13-16-27/h7-8,11-19,25,30H,3-6,9-10,20-21H2,1-2H3,(H,36,40)/t30-/m1/s1. The van der Waals surface area contributed by atoms with Gasteiger partial charge in [0.25, 0.3) is 10.0 Å². The predicted octanol–water partition coefficient (Wildman–Crippen LogP) is 7.41. The Morgan fingerprint density at radius 1 is 0.930 bits per heavy atom. The topological polar surface area (TPSA) is 86.8 Å². The van der Waals surface area contributed by atoms with Gasteiger partial charge in [0, 0.05) is 17.6 Å². The maximum atomic E-state index is 14.2. The van der Waals surface area contributed by atoms with E-state index in [1.165, 1.54) is 23.1 Å². The van der Waals surface area contributed by atoms with Crippen molar-refractivity contribution in [1.82, 2.24) is 10.2 Å². The van der Waals surface area contributed by atoms with E-state index in [9.17, 15) is 18.0 Å². The van der Waals surface area contributed by atoms with E-state index in [1.807, 2.05) is 13.8 Å². The number of anilines is 1. The summed E-state index contributed by atoms with van der Waals surface area (Å²) in [5.41, 5.74) is 1.78. The van der Waals surface area contributed by atoms with Gasteiger partial charge in [-0.1, -0.05) is 90.8 Å². The van der Waals surface area contributed by atoms with Crippen LogP contribution in [0.15, 0.2) is 71.6 Å². The van der Waals surface area contributed by atoms with Crippen LogP contribution in [0.2, 0.25) is 15.1 Å². The van der Waals surface area contributed by atoms with Crippen LogP contribution in [0.25, 0.3) is 0 Å². The molecule has 7 nitrogen and oxygen atoms in total. The highest BCUT2D eigenvalue weighted by atomic mass is 35.5. The van der Waals surface area contributed by atoms with Crippen molar-refractivity contribution >= 4 is 62.3 Å². The SMILES string of the molecule is CC[C@H](C(=O)NC1CCCCC1)N(Cc1ccc(Cl)c(Cl)c1)C(=O)CN(c1cccc(Cl)c1)S(=O)(=O)c1ccc(C)cc1. The van der Waals surface area contributed by atoms with Crippen LogP contribution in [-0.4, -0.2) is 43.8 Å². The molecule has 0 radical (unpaired) electrons. The minimum atomic E-state index is -4.19. The lowest BCUT2D eigenvalue weighted by molar-refractivity contribution is -0.140. The molecule has 1 atom stereocenters. The zero-order valence-electron chi connectivity index (χ0n) is 24.2. The van der Waals surface area contributed by atoms with E-state index in [0.29, 0.717) is 27.1 Å². The minimum absolute atomic E-state index is 0.0281. The van der Waals surface area contributed by atoms with Crippen molar-refractivity contribution in [1.29, 1.82) is 0 Å². The van der Waals surface area contributed by atoms with Gasteiger partial charge in [-0.05, 0) is 74.2 Å². The highest BCUT2D eigenvalue weighted by molar-refractivity contribution is 7.92. The number of nitrogens with zero attached hydrogens (tertiary/aromatic N) is 2. The van der Waals surface area contributed by atoms with Crippen LogP contribution in [0, 0.1) is 6.92 Å². The molecule has 0 bridgehead atoms. The van der Waals surface area contributed by atoms with Crippen LogP contribution >= 0.6 is 34.8 Å². The quantitative estimate of drug-likeness (QED) is 0.231. The molecule has 3 aromatic carbocycles. The summed E-state index contributed by atoms with van der Waals surface area (Å²) < 4.78 is 29.0. The molecule has 11 heteroatoms. The Bertz CT molecular complexity index is 1540. The van der Waals surface area contributed by atoms with E-state index >= 15 is 0 Å². The Morgan fingerprint density at radius 2 is 1.63 bits per heavy atom. The average Bonchev–Trinajstić information content (AvgIpc) is 2.98. The summed E-state index contributed by atoms with van der Waals surface area (Å²) in [6, 6.07) is 17.0. The molecule has 0 aliphatic heterocycles. The summed E-state index contributed by atoms with van der Waals surface area (Å²) in [6.45, 7) is 3.17. The van der Waals surface area contributed by atoms with Gasteiger partial charge in [0.05, 0.1) is 20.6 Å². The Hall–Kier alpha value is -2.78. The third-order valence-corrected chi connectivity index (χ3v) is 10.4. The largest absolute Gasteiger partial charge is 0.352 e. The van der Waals surface area contributed by atoms with Crippen LogP contribution in [0.3, 0.4) is 0 Å². The van der Waals surface area contributed by atoms with E-state index in [-0.39, 0.29) is 29.1 Å². The Morgan fingerprint density at radius 3 is 2.26 bits per heavy atom. The molecule has 0 heterocycles. The first-order valence-electron chi connectivity index (χ1n) is 14.4. The average molecular weight is 665 g/mol. The molecule has 2 amide bonds. The Kier molecular flexibility index (Phi) is 11.4. The number of nitrogens with one attached hydrogen (secondary N) is 1. The number of hydrogen-bond donors (Lipinski definition) is 1. The molecule has 0 saturated heterocycles. The molecule has 3 aromatic rings. The number of hydrogen-bond acceptors (Lipinski definition) is 4. The first-order chi connectivity index (χ1) is 20.5. The van der Waals surface area contributed by atoms with Crippen molar-refractivity contribution in [3.63, 3.8) is 0 Å². The monoisotopic (exact) mass is 663 g/mol. The van der Waals surface area contributed by atoms with E-state index in [2.05, 4.69) is 5.32 Å². The lowest BCUT2D eigenvalue weighted by Gasteiger charge is -2.34. The molecule has 230 valence electrons. The van der Waals surface area contributed by atoms with Crippen LogP contribution in [-0.2, 0) is 26.2 Å². The minimum Gasteiger partial charge on any atom is -0.352 e. The molecule has 1 N–H and O–H groups in total. The molecule has 1 aliphatic rings. The van der Waals surface area contributed by atoms with Crippen molar-refractivity contribution in [3.05, 3.63) is 92.9 Å². The number of sulfonamides is 1. The fourth-order valence-corrected chi connectivity index (χ4v) is 7.21. The molecule has 4 rings (SSSR count). The number of carbonyl (C=O) groups excluding carboxylic acids is 2. The summed E-state index contributed by atoms with van der Waals surface area (Å²) in [6.07, 6.45) is 5.33. The molecular weight excluding hydrogens is 629 g/mol. The first-order valence-corrected chi connectivity index (χ1v) is 17.0. The number of amides is 2. The van der Waals surface area contributed by atoms with Gasteiger partial charge in [-0.2, -0.15) is 0 Å². The van der Waals surface area contributed by atoms with Gasteiger partial charge in [0.1, 0.15) is 12.6 Å². The lowest BCUT2D eigenvalue weighted by atomic mass is 9.95. The van der Waals surface area contributed by atoms with Crippen LogP contribution in [0.1, 0.15) is 56.6 Å². The fraction of sp³-hybridized carbons (Fsp3) is 0.375. The molecule has 0 unspecified atom stereocenters. The summed E-state index contributed by atoms with van der Waals surface area (Å²) in [5, 5.41) is 4.13. The van der Waals surface area contributed by atoms with Crippen LogP contribution in [0.4, 0.5) is 5.69 Å².